The molecule has 1 fully saturated rings. The minimum absolute atomic E-state index is 0.0683. The highest BCUT2D eigenvalue weighted by atomic mass is 32.2. The number of ether oxygens (including phenoxy) is 1. The average Bonchev–Trinajstić information content (AvgIpc) is 1.80. The summed E-state index contributed by atoms with van der Waals surface area (Å²) >= 11 is 0.878. The molecule has 11 atom stereocenters. The molecule has 7 aromatic rings. The van der Waals surface area contributed by atoms with E-state index in [1.165, 1.54) is 81.4 Å². The van der Waals surface area contributed by atoms with Gasteiger partial charge in [0.1, 0.15) is 72.3 Å². The summed E-state index contributed by atoms with van der Waals surface area (Å²) in [4.78, 5) is 244. The number of carbonyl (C=O) groups excluding carboxylic acids is 16. The molecule has 129 heavy (non-hydrogen) atoms. The first kappa shape index (κ1) is 101. The van der Waals surface area contributed by atoms with Crippen LogP contribution in [0.2, 0.25) is 0 Å². The van der Waals surface area contributed by atoms with Crippen LogP contribution < -0.4 is 37.6 Å². The van der Waals surface area contributed by atoms with Crippen LogP contribution in [0, 0.1) is 29.5 Å². The maximum absolute atomic E-state index is 15.6. The maximum Gasteiger partial charge on any atom is 0.293 e. The number of rotatable bonds is 25. The first-order valence-electron chi connectivity index (χ1n) is 43.3. The van der Waals surface area contributed by atoms with E-state index in [4.69, 9.17) is 10.5 Å². The second-order valence-corrected chi connectivity index (χ2v) is 34.7. The minimum Gasteiger partial charge on any atom is -0.508 e. The van der Waals surface area contributed by atoms with Gasteiger partial charge in [-0.3, -0.25) is 76.7 Å². The van der Waals surface area contributed by atoms with Gasteiger partial charge in [-0.05, 0) is 88.4 Å². The predicted octanol–water partition coefficient (Wildman–Crippen LogP) is 5.87. The Morgan fingerprint density at radius 3 is 1.60 bits per heavy atom. The van der Waals surface area contributed by atoms with Crippen molar-refractivity contribution in [2.24, 2.45) is 29.4 Å². The molecule has 0 unspecified atom stereocenters. The molecule has 1 aromatic heterocycles. The van der Waals surface area contributed by atoms with Gasteiger partial charge < -0.3 is 77.0 Å². The van der Waals surface area contributed by atoms with Crippen molar-refractivity contribution < 1.29 is 90.9 Å². The van der Waals surface area contributed by atoms with Crippen LogP contribution in [0.25, 0.3) is 10.9 Å². The lowest BCUT2D eigenvalue weighted by Crippen LogP contribution is -2.59. The molecule has 1 aliphatic rings. The fourth-order valence-corrected chi connectivity index (χ4v) is 16.4. The average molecular weight is 1800 g/mol. The van der Waals surface area contributed by atoms with E-state index < -0.39 is 217 Å². The molecule has 2 heterocycles. The molecule has 10 N–H and O–H groups in total. The molecule has 0 aliphatic carbocycles. The number of fused-ring (bicyclic) bond motifs is 1. The molecule has 6 aromatic carbocycles. The standard InChI is InChI=1S/C96H120FN13O18S/c1-11-12-32-80-95(126)106(6)53-70(113)49-67(55-128-58-111)84(115)51-72(60(4)5)92(123)109(9)81(47-62-26-18-14-19-27-62)91(122)104-77(46-64-33-37-68(97)38-34-64)93(124)107(7)54-86(117)100-76(50-66-52-99-73-31-23-22-30-71(66)73)90(121)103-75(44-65-35-39-69(112)40-36-65)89(120)102-74(43-59(2)3)88(119)105-79(83(114)41-42-85(98)116)56-129-57-87(118)101-78(45-61-24-16-13-17-25-61)94(125)110(10)82(96(127)108(80)8)48-63-28-20-15-21-29-63/h13-31,33-40,52,58-60,67,72,74-82,99,112H,11-12,32,41-51,53-57H2,1-10H3,(H2,98,116)(H,100,117)(H,101,118)(H,102,120)(H,103,121)(H,104,122)(H,105,119)/t67-,72-,74-,75-,76-,77-,78-,79-,80-,81-,82-/m0/s1. The molecule has 31 nitrogen and oxygen atoms in total. The molecule has 1 aliphatic heterocycles. The van der Waals surface area contributed by atoms with Gasteiger partial charge in [0.05, 0.1) is 30.8 Å². The van der Waals surface area contributed by atoms with Gasteiger partial charge in [-0.15, -0.1) is 11.8 Å². The number of unbranched alkanes of at least 4 members (excludes halogenated alkanes) is 1. The molecular formula is C96H120FN13O18S. The number of ketones is 3. The highest BCUT2D eigenvalue weighted by Crippen LogP contribution is 2.28. The summed E-state index contributed by atoms with van der Waals surface area (Å²) < 4.78 is 19.8. The van der Waals surface area contributed by atoms with Gasteiger partial charge in [-0.1, -0.05) is 181 Å². The number of aromatic nitrogens is 1. The second-order valence-electron chi connectivity index (χ2n) is 33.7. The fraction of sp³-hybridized carbons (Fsp3) is 0.438. The number of thioether (sulfide) groups is 1. The van der Waals surface area contributed by atoms with Crippen molar-refractivity contribution in [1.29, 1.82) is 0 Å². The number of halogens is 1. The monoisotopic (exact) mass is 1790 g/mol. The number of nitrogens with one attached hydrogen (secondary N) is 7. The molecule has 8 rings (SSSR count). The van der Waals surface area contributed by atoms with E-state index in [1.807, 2.05) is 6.92 Å². The number of likely N-dealkylation sites (N-methyl/N-ethyl adjacent to an activating group) is 5. The Morgan fingerprint density at radius 1 is 0.519 bits per heavy atom. The zero-order chi connectivity index (χ0) is 94.1. The SMILES string of the molecule is CCCC[C@H]1C(=O)N(C)CC(=O)C[C@@H](COC=O)C(=O)C[C@@H](C(C)C)C(=O)N(C)[C@@H](Cc2ccccc2)C(=O)N[C@@H](Cc2ccc(F)cc2)C(=O)N(C)CC(=O)N[C@@H](Cc2c[nH]c3ccccc23)C(=O)N[C@@H](Cc2ccc(O)cc2)C(=O)N[C@@H](CC(C)C)C(=O)N[C@H](C(=O)CCC(N)=O)CSCC(=O)N[C@@H](Cc2ccccc2)C(=O)N(C)[C@@H](Cc2ccccc2)C(=O)N1C. The summed E-state index contributed by atoms with van der Waals surface area (Å²) in [6, 6.07) is 30.9. The predicted molar refractivity (Wildman–Crippen MR) is 484 cm³/mol. The number of primary amides is 1. The van der Waals surface area contributed by atoms with Gasteiger partial charge >= 0.3 is 0 Å². The van der Waals surface area contributed by atoms with Crippen molar-refractivity contribution in [3.05, 3.63) is 209 Å². The summed E-state index contributed by atoms with van der Waals surface area (Å²) in [6.45, 7) is 6.81. The Morgan fingerprint density at radius 2 is 1.02 bits per heavy atom. The van der Waals surface area contributed by atoms with Crippen molar-refractivity contribution in [2.45, 2.75) is 179 Å². The number of phenolic OH excluding ortho intramolecular Hbond substituents is 1. The quantitative estimate of drug-likeness (QED) is 0.0302. The lowest BCUT2D eigenvalue weighted by atomic mass is 9.84. The minimum atomic E-state index is -1.58. The maximum atomic E-state index is 15.6. The first-order valence-corrected chi connectivity index (χ1v) is 44.5. The molecule has 690 valence electrons. The van der Waals surface area contributed by atoms with E-state index in [1.54, 1.807) is 149 Å². The molecule has 0 bridgehead atoms. The van der Waals surface area contributed by atoms with E-state index in [0.717, 1.165) is 38.6 Å². The zero-order valence-electron chi connectivity index (χ0n) is 74.7. The van der Waals surface area contributed by atoms with E-state index in [9.17, 15) is 47.9 Å². The summed E-state index contributed by atoms with van der Waals surface area (Å²) in [5.41, 5.74) is 9.24. The van der Waals surface area contributed by atoms with Crippen LogP contribution in [-0.4, -0.2) is 250 Å². The van der Waals surface area contributed by atoms with E-state index >= 15 is 38.4 Å². The largest absolute Gasteiger partial charge is 0.508 e. The van der Waals surface area contributed by atoms with Crippen LogP contribution in [-0.2, 0) is 120 Å². The first-order chi connectivity index (χ1) is 61.5. The van der Waals surface area contributed by atoms with Crippen molar-refractivity contribution in [3.63, 3.8) is 0 Å². The molecule has 0 spiro atoms. The molecule has 12 amide bonds. The topological polar surface area (TPSA) is 433 Å². The summed E-state index contributed by atoms with van der Waals surface area (Å²) in [6.07, 6.45) is -0.647. The third-order valence-electron chi connectivity index (χ3n) is 22.9. The van der Waals surface area contributed by atoms with Crippen LogP contribution in [0.15, 0.2) is 170 Å². The number of phenols is 1. The molecule has 0 saturated carbocycles. The van der Waals surface area contributed by atoms with Crippen molar-refractivity contribution in [1.82, 2.24) is 61.4 Å². The number of H-pyrrole nitrogens is 1. The van der Waals surface area contributed by atoms with Crippen molar-refractivity contribution >= 4 is 117 Å². The number of carbonyl (C=O) groups is 16. The third kappa shape index (κ3) is 30.9. The lowest BCUT2D eigenvalue weighted by molar-refractivity contribution is -0.151. The number of hydrogen-bond acceptors (Lipinski definition) is 19. The lowest BCUT2D eigenvalue weighted by Gasteiger charge is -2.37. The molecular weight excluding hydrogens is 1670 g/mol. The number of para-hydroxylation sites is 1. The number of benzene rings is 6. The van der Waals surface area contributed by atoms with E-state index in [2.05, 4.69) is 36.9 Å². The Hall–Kier alpha value is -12.9. The highest BCUT2D eigenvalue weighted by Gasteiger charge is 2.42. The van der Waals surface area contributed by atoms with Gasteiger partial charge in [0.25, 0.3) is 6.47 Å². The molecule has 33 heteroatoms. The van der Waals surface area contributed by atoms with Crippen molar-refractivity contribution in [3.8, 4) is 5.75 Å². The van der Waals surface area contributed by atoms with Crippen LogP contribution in [0.1, 0.15) is 119 Å². The number of aromatic amines is 1. The third-order valence-corrected chi connectivity index (χ3v) is 23.9. The molecule has 1 saturated heterocycles. The van der Waals surface area contributed by atoms with E-state index in [-0.39, 0.29) is 75.3 Å². The van der Waals surface area contributed by atoms with E-state index in [0.29, 0.717) is 57.1 Å². The summed E-state index contributed by atoms with van der Waals surface area (Å²) in [5, 5.41) is 27.8. The fourth-order valence-electron chi connectivity index (χ4n) is 15.5. The Balaban J connectivity index is 1.21. The summed E-state index contributed by atoms with van der Waals surface area (Å²) in [5.74, 6) is -16.9. The zero-order valence-corrected chi connectivity index (χ0v) is 75.5. The van der Waals surface area contributed by atoms with Gasteiger partial charge in [0.2, 0.25) is 70.9 Å². The summed E-state index contributed by atoms with van der Waals surface area (Å²) in [7, 11) is 6.77. The smallest absolute Gasteiger partial charge is 0.293 e. The number of aromatic hydroxyl groups is 1. The number of amides is 12. The molecule has 0 radical (unpaired) electrons. The normalized spacial score (nSPS) is 22.0. The van der Waals surface area contributed by atoms with Crippen LogP contribution in [0.4, 0.5) is 4.39 Å². The van der Waals surface area contributed by atoms with Crippen molar-refractivity contribution in [2.75, 3.05) is 66.4 Å². The Bertz CT molecular complexity index is 5030. The number of nitrogens with two attached hydrogens (primary N) is 1. The highest BCUT2D eigenvalue weighted by molar-refractivity contribution is 8.00. The number of Topliss-reactive ketones (excluding diaryl/α,β-unsaturated/α-hetero) is 3. The van der Waals surface area contributed by atoms with Gasteiger partial charge in [-0.2, -0.15) is 0 Å². The van der Waals surface area contributed by atoms with Crippen LogP contribution in [0.3, 0.4) is 0 Å². The van der Waals surface area contributed by atoms with Crippen LogP contribution >= 0.6 is 11.8 Å². The van der Waals surface area contributed by atoms with Gasteiger partial charge in [-0.25, -0.2) is 4.39 Å². The van der Waals surface area contributed by atoms with Crippen LogP contribution in [0.5, 0.6) is 5.75 Å². The van der Waals surface area contributed by atoms with Gasteiger partial charge in [0, 0.05) is 128 Å². The number of nitrogens with zero attached hydrogens (tertiary/aromatic N) is 5. The number of hydrogen-bond donors (Lipinski definition) is 9. The Kier molecular flexibility index (Phi) is 39.3. The second kappa shape index (κ2) is 50.0. The Labute approximate surface area is 755 Å². The van der Waals surface area contributed by atoms with Gasteiger partial charge in [0.15, 0.2) is 11.6 Å².